The Hall–Kier alpha value is -0.950. The van der Waals surface area contributed by atoms with Gasteiger partial charge in [0.1, 0.15) is 0 Å². The highest BCUT2D eigenvalue weighted by Crippen LogP contribution is 2.22. The molecule has 1 aromatic carbocycles. The first-order chi connectivity index (χ1) is 7.65. The van der Waals surface area contributed by atoms with Gasteiger partial charge in [0.15, 0.2) is 0 Å². The molecule has 1 N–H and O–H groups in total. The van der Waals surface area contributed by atoms with Gasteiger partial charge in [0.25, 0.3) is 11.8 Å². The normalized spacial score (nSPS) is 16.5. The number of nitrogens with zero attached hydrogens (tertiary/aromatic N) is 1. The van der Waals surface area contributed by atoms with Crippen LogP contribution in [0.4, 0.5) is 0 Å². The quantitative estimate of drug-likeness (QED) is 0.512. The zero-order valence-electron chi connectivity index (χ0n) is 8.39. The molecule has 16 heavy (non-hydrogen) atoms. The van der Waals surface area contributed by atoms with Gasteiger partial charge in [-0.05, 0) is 12.1 Å². The number of hydrogen-bond donors (Lipinski definition) is 1. The van der Waals surface area contributed by atoms with Gasteiger partial charge in [-0.15, -0.1) is 0 Å². The highest BCUT2D eigenvalue weighted by Gasteiger charge is 2.35. The van der Waals surface area contributed by atoms with Crippen LogP contribution in [0.1, 0.15) is 20.7 Å². The average molecular weight is 331 g/mol. The maximum absolute atomic E-state index is 11.9. The van der Waals surface area contributed by atoms with Crippen LogP contribution in [-0.2, 0) is 0 Å². The van der Waals surface area contributed by atoms with Gasteiger partial charge in [0.2, 0.25) is 0 Å². The molecule has 1 atom stereocenters. The molecule has 1 aliphatic heterocycles. The van der Waals surface area contributed by atoms with Gasteiger partial charge in [-0.1, -0.05) is 34.7 Å². The topological polar surface area (TPSA) is 57.6 Å². The molecule has 1 heterocycles. The van der Waals surface area contributed by atoms with Gasteiger partial charge >= 0.3 is 0 Å². The van der Waals surface area contributed by atoms with Crippen LogP contribution < -0.4 is 0 Å². The second-order valence-electron chi connectivity index (χ2n) is 3.57. The predicted molar refractivity (Wildman–Crippen MR) is 66.7 cm³/mol. The first-order valence-corrected chi connectivity index (χ1v) is 6.37. The van der Waals surface area contributed by atoms with E-state index >= 15 is 0 Å². The fraction of sp³-hybridized carbons (Fsp3) is 0.273. The van der Waals surface area contributed by atoms with Crippen molar-refractivity contribution in [1.82, 2.24) is 4.90 Å². The van der Waals surface area contributed by atoms with Gasteiger partial charge in [-0.2, -0.15) is 0 Å². The van der Waals surface area contributed by atoms with Crippen LogP contribution >= 0.6 is 22.6 Å². The number of halogens is 1. The van der Waals surface area contributed by atoms with Gasteiger partial charge in [-0.25, -0.2) is 0 Å². The number of carbonyl (C=O) groups is 2. The molecule has 84 valence electrons. The molecule has 5 heteroatoms. The van der Waals surface area contributed by atoms with E-state index in [0.29, 0.717) is 15.6 Å². The largest absolute Gasteiger partial charge is 0.390 e. The van der Waals surface area contributed by atoms with E-state index in [4.69, 9.17) is 0 Å². The first-order valence-electron chi connectivity index (χ1n) is 4.84. The Balaban J connectivity index is 2.28. The zero-order chi connectivity index (χ0) is 11.7. The third-order valence-electron chi connectivity index (χ3n) is 2.45. The SMILES string of the molecule is O=C1c2ccccc2C(=O)N1CC(O)CI. The summed E-state index contributed by atoms with van der Waals surface area (Å²) in [5, 5.41) is 9.48. The van der Waals surface area contributed by atoms with Crippen molar-refractivity contribution in [1.29, 1.82) is 0 Å². The summed E-state index contributed by atoms with van der Waals surface area (Å²) in [4.78, 5) is 24.8. The number of benzene rings is 1. The van der Waals surface area contributed by atoms with Crippen LogP contribution in [0.15, 0.2) is 24.3 Å². The summed E-state index contributed by atoms with van der Waals surface area (Å²) in [5.74, 6) is -0.631. The van der Waals surface area contributed by atoms with Gasteiger partial charge in [0.05, 0.1) is 23.8 Å². The molecule has 0 radical (unpaired) electrons. The molecular formula is C11H10INO3. The van der Waals surface area contributed by atoms with E-state index in [1.54, 1.807) is 24.3 Å². The van der Waals surface area contributed by atoms with Crippen molar-refractivity contribution in [2.45, 2.75) is 6.10 Å². The third-order valence-corrected chi connectivity index (χ3v) is 3.47. The number of aliphatic hydroxyl groups is 1. The summed E-state index contributed by atoms with van der Waals surface area (Å²) in [5.41, 5.74) is 0.848. The maximum Gasteiger partial charge on any atom is 0.261 e. The number of fused-ring (bicyclic) bond motifs is 1. The minimum atomic E-state index is -0.664. The summed E-state index contributed by atoms with van der Waals surface area (Å²) in [6.45, 7) is 0.0648. The van der Waals surface area contributed by atoms with Crippen LogP contribution in [0.25, 0.3) is 0 Å². The summed E-state index contributed by atoms with van der Waals surface area (Å²) in [6.07, 6.45) is -0.664. The molecular weight excluding hydrogens is 321 g/mol. The lowest BCUT2D eigenvalue weighted by molar-refractivity contribution is 0.0570. The number of aliphatic hydroxyl groups excluding tert-OH is 1. The fourth-order valence-electron chi connectivity index (χ4n) is 1.66. The number of rotatable bonds is 3. The summed E-state index contributed by atoms with van der Waals surface area (Å²) < 4.78 is 0.491. The Morgan fingerprint density at radius 1 is 1.19 bits per heavy atom. The number of alkyl halides is 1. The van der Waals surface area contributed by atoms with Gasteiger partial charge in [0, 0.05) is 4.43 Å². The van der Waals surface area contributed by atoms with Crippen molar-refractivity contribution in [3.05, 3.63) is 35.4 Å². The van der Waals surface area contributed by atoms with Crippen molar-refractivity contribution >= 4 is 34.4 Å². The van der Waals surface area contributed by atoms with E-state index < -0.39 is 6.10 Å². The number of imide groups is 1. The van der Waals surface area contributed by atoms with Crippen LogP contribution in [-0.4, -0.2) is 38.9 Å². The second kappa shape index (κ2) is 4.50. The molecule has 2 rings (SSSR count). The highest BCUT2D eigenvalue weighted by molar-refractivity contribution is 14.1. The van der Waals surface area contributed by atoms with E-state index in [0.717, 1.165) is 4.90 Å². The molecule has 0 aliphatic carbocycles. The first kappa shape index (κ1) is 11.5. The maximum atomic E-state index is 11.9. The Bertz CT molecular complexity index is 412. The lowest BCUT2D eigenvalue weighted by Gasteiger charge is -2.16. The van der Waals surface area contributed by atoms with E-state index in [1.165, 1.54) is 0 Å². The lowest BCUT2D eigenvalue weighted by Crippen LogP contribution is -2.37. The Morgan fingerprint density at radius 3 is 2.12 bits per heavy atom. The lowest BCUT2D eigenvalue weighted by atomic mass is 10.1. The third kappa shape index (κ3) is 1.84. The highest BCUT2D eigenvalue weighted by atomic mass is 127. The standard InChI is InChI=1S/C11H10INO3/c12-5-7(14)6-13-10(15)8-3-1-2-4-9(8)11(13)16/h1-4,7,14H,5-6H2. The molecule has 0 bridgehead atoms. The molecule has 0 spiro atoms. The number of amides is 2. The molecule has 0 saturated carbocycles. The van der Waals surface area contributed by atoms with Gasteiger partial charge < -0.3 is 5.11 Å². The molecule has 0 saturated heterocycles. The van der Waals surface area contributed by atoms with E-state index in [2.05, 4.69) is 0 Å². The van der Waals surface area contributed by atoms with Crippen LogP contribution in [0.3, 0.4) is 0 Å². The fourth-order valence-corrected chi connectivity index (χ4v) is 1.94. The smallest absolute Gasteiger partial charge is 0.261 e. The molecule has 2 amide bonds. The Labute approximate surface area is 106 Å². The second-order valence-corrected chi connectivity index (χ2v) is 4.46. The van der Waals surface area contributed by atoms with Crippen LogP contribution in [0.5, 0.6) is 0 Å². The Morgan fingerprint density at radius 2 is 1.69 bits per heavy atom. The monoisotopic (exact) mass is 331 g/mol. The summed E-state index contributed by atoms with van der Waals surface area (Å²) >= 11 is 2.01. The van der Waals surface area contributed by atoms with E-state index in [9.17, 15) is 14.7 Å². The van der Waals surface area contributed by atoms with Crippen LogP contribution in [0, 0.1) is 0 Å². The molecule has 1 unspecified atom stereocenters. The minimum absolute atomic E-state index is 0.0648. The number of carbonyl (C=O) groups excluding carboxylic acids is 2. The molecule has 0 aromatic heterocycles. The molecule has 1 aromatic rings. The minimum Gasteiger partial charge on any atom is -0.390 e. The molecule has 4 nitrogen and oxygen atoms in total. The van der Waals surface area contributed by atoms with E-state index in [1.807, 2.05) is 22.6 Å². The molecule has 0 fully saturated rings. The summed E-state index contributed by atoms with van der Waals surface area (Å²) in [7, 11) is 0. The molecule has 1 aliphatic rings. The van der Waals surface area contributed by atoms with Crippen LogP contribution in [0.2, 0.25) is 0 Å². The predicted octanol–water partition coefficient (Wildman–Crippen LogP) is 1.08. The van der Waals surface area contributed by atoms with Crippen molar-refractivity contribution in [2.75, 3.05) is 11.0 Å². The summed E-state index contributed by atoms with van der Waals surface area (Å²) in [6, 6.07) is 6.71. The number of β-amino-alcohol motifs (C(OH)–C–C–N with tert-alkyl or cyclic N) is 1. The van der Waals surface area contributed by atoms with Crippen molar-refractivity contribution < 1.29 is 14.7 Å². The van der Waals surface area contributed by atoms with Crippen molar-refractivity contribution in [2.24, 2.45) is 0 Å². The Kier molecular flexibility index (Phi) is 3.25. The average Bonchev–Trinajstić information content (AvgIpc) is 2.55. The van der Waals surface area contributed by atoms with Gasteiger partial charge in [-0.3, -0.25) is 14.5 Å². The van der Waals surface area contributed by atoms with Crippen molar-refractivity contribution in [3.63, 3.8) is 0 Å². The zero-order valence-corrected chi connectivity index (χ0v) is 10.5. The van der Waals surface area contributed by atoms with Crippen molar-refractivity contribution in [3.8, 4) is 0 Å². The van der Waals surface area contributed by atoms with E-state index in [-0.39, 0.29) is 18.4 Å². The number of hydrogen-bond acceptors (Lipinski definition) is 3.